The highest BCUT2D eigenvalue weighted by Crippen LogP contribution is 2.20. The van der Waals surface area contributed by atoms with Gasteiger partial charge in [-0.2, -0.15) is 0 Å². The standard InChI is InChI=1S/C31H37N7O6/c1-17(2)27(38-28(40)23(32)13-20-15-33-16-35-20)30(42)36-25(12-19-14-34-24-6-4-3-5-22(19)24)29(41)37-26(31(43)44)11-18-7-9-21(39)10-8-18/h3-10,14-17,23,25-27,34,39H,11-13,32H2,1-2H3,(H,33,35)(H,36,42)(H,37,41)(H,38,40)(H,43,44). The third-order valence-corrected chi connectivity index (χ3v) is 7.30. The van der Waals surface area contributed by atoms with Crippen LogP contribution in [-0.2, 0) is 38.4 Å². The largest absolute Gasteiger partial charge is 0.508 e. The zero-order valence-corrected chi connectivity index (χ0v) is 24.4. The van der Waals surface area contributed by atoms with Gasteiger partial charge in [-0.15, -0.1) is 0 Å². The summed E-state index contributed by atoms with van der Waals surface area (Å²) in [5, 5.41) is 28.3. The average Bonchev–Trinajstić information content (AvgIpc) is 3.65. The zero-order chi connectivity index (χ0) is 31.8. The third-order valence-electron chi connectivity index (χ3n) is 7.30. The summed E-state index contributed by atoms with van der Waals surface area (Å²) in [6.45, 7) is 3.50. The Kier molecular flexibility index (Phi) is 10.3. The van der Waals surface area contributed by atoms with E-state index in [0.717, 1.165) is 16.5 Å². The lowest BCUT2D eigenvalue weighted by atomic mass is 9.99. The fourth-order valence-corrected chi connectivity index (χ4v) is 4.85. The highest BCUT2D eigenvalue weighted by molar-refractivity contribution is 5.95. The van der Waals surface area contributed by atoms with Gasteiger partial charge in [0.05, 0.1) is 12.4 Å². The van der Waals surface area contributed by atoms with Crippen LogP contribution in [-0.4, -0.2) is 73.0 Å². The third kappa shape index (κ3) is 8.22. The second kappa shape index (κ2) is 14.3. The van der Waals surface area contributed by atoms with Gasteiger partial charge in [-0.05, 0) is 35.2 Å². The molecule has 0 fully saturated rings. The molecule has 0 saturated carbocycles. The van der Waals surface area contributed by atoms with E-state index < -0.39 is 47.9 Å². The van der Waals surface area contributed by atoms with Crippen LogP contribution in [0.3, 0.4) is 0 Å². The summed E-state index contributed by atoms with van der Waals surface area (Å²) >= 11 is 0. The average molecular weight is 604 g/mol. The topological polar surface area (TPSA) is 215 Å². The van der Waals surface area contributed by atoms with Crippen molar-refractivity contribution in [3.05, 3.63) is 84.1 Å². The van der Waals surface area contributed by atoms with E-state index in [0.29, 0.717) is 11.3 Å². The van der Waals surface area contributed by atoms with Crippen molar-refractivity contribution in [1.29, 1.82) is 0 Å². The van der Waals surface area contributed by atoms with E-state index in [1.807, 2.05) is 24.3 Å². The number of aromatic nitrogens is 3. The molecule has 0 aliphatic carbocycles. The maximum Gasteiger partial charge on any atom is 0.326 e. The Hall–Kier alpha value is -5.17. The van der Waals surface area contributed by atoms with Gasteiger partial charge in [0, 0.05) is 48.3 Å². The van der Waals surface area contributed by atoms with E-state index in [1.165, 1.54) is 18.5 Å². The smallest absolute Gasteiger partial charge is 0.326 e. The molecule has 4 rings (SSSR count). The number of H-pyrrole nitrogens is 2. The molecule has 0 bridgehead atoms. The SMILES string of the molecule is CC(C)C(NC(=O)C(N)Cc1cnc[nH]1)C(=O)NC(Cc1c[nH]c2ccccc12)C(=O)NC(Cc1ccc(O)cc1)C(=O)O. The number of nitrogens with two attached hydrogens (primary N) is 1. The van der Waals surface area contributed by atoms with E-state index in [2.05, 4.69) is 30.9 Å². The minimum Gasteiger partial charge on any atom is -0.508 e. The van der Waals surface area contributed by atoms with Crippen molar-refractivity contribution >= 4 is 34.6 Å². The number of aliphatic carboxylic acids is 1. The van der Waals surface area contributed by atoms with Crippen LogP contribution in [0.5, 0.6) is 5.75 Å². The van der Waals surface area contributed by atoms with Gasteiger partial charge in [0.2, 0.25) is 17.7 Å². The number of aromatic hydroxyl groups is 1. The number of carbonyl (C=O) groups excluding carboxylic acids is 3. The summed E-state index contributed by atoms with van der Waals surface area (Å²) in [7, 11) is 0. The van der Waals surface area contributed by atoms with Gasteiger partial charge in [0.1, 0.15) is 23.9 Å². The zero-order valence-electron chi connectivity index (χ0n) is 24.4. The van der Waals surface area contributed by atoms with E-state index in [9.17, 15) is 29.4 Å². The number of fused-ring (bicyclic) bond motifs is 1. The Morgan fingerprint density at radius 2 is 1.57 bits per heavy atom. The Balaban J connectivity index is 1.53. The predicted molar refractivity (Wildman–Crippen MR) is 162 cm³/mol. The minimum atomic E-state index is -1.31. The number of nitrogens with one attached hydrogen (secondary N) is 5. The number of phenols is 1. The molecule has 0 aliphatic heterocycles. The number of phenolic OH excluding ortho intramolecular Hbond substituents is 1. The summed E-state index contributed by atoms with van der Waals surface area (Å²) in [5.41, 5.74) is 8.89. The molecule has 2 heterocycles. The number of para-hydroxylation sites is 1. The Labute approximate surface area is 253 Å². The van der Waals surface area contributed by atoms with Crippen LogP contribution in [0.25, 0.3) is 10.9 Å². The summed E-state index contributed by atoms with van der Waals surface area (Å²) in [5.74, 6) is -3.48. The molecule has 4 unspecified atom stereocenters. The number of rotatable bonds is 14. The first-order valence-corrected chi connectivity index (χ1v) is 14.2. The molecular formula is C31H37N7O6. The highest BCUT2D eigenvalue weighted by atomic mass is 16.4. The van der Waals surface area contributed by atoms with E-state index in [4.69, 9.17) is 5.73 Å². The fraction of sp³-hybridized carbons (Fsp3) is 0.323. The first-order valence-electron chi connectivity index (χ1n) is 14.2. The summed E-state index contributed by atoms with van der Waals surface area (Å²) in [6, 6.07) is 8.98. The molecule has 4 aromatic rings. The first kappa shape index (κ1) is 31.8. The van der Waals surface area contributed by atoms with Crippen molar-refractivity contribution in [3.63, 3.8) is 0 Å². The molecular weight excluding hydrogens is 566 g/mol. The number of nitrogens with zero attached hydrogens (tertiary/aromatic N) is 1. The number of hydrogen-bond donors (Lipinski definition) is 8. The van der Waals surface area contributed by atoms with Gasteiger partial charge < -0.3 is 41.9 Å². The lowest BCUT2D eigenvalue weighted by Gasteiger charge is -2.27. The van der Waals surface area contributed by atoms with Crippen LogP contribution < -0.4 is 21.7 Å². The maximum atomic E-state index is 13.6. The number of imidazole rings is 1. The van der Waals surface area contributed by atoms with Crippen molar-refractivity contribution in [2.24, 2.45) is 11.7 Å². The first-order chi connectivity index (χ1) is 21.0. The summed E-state index contributed by atoms with van der Waals surface area (Å²) < 4.78 is 0. The number of carbonyl (C=O) groups is 4. The molecule has 0 saturated heterocycles. The normalized spacial score (nSPS) is 14.0. The number of hydrogen-bond acceptors (Lipinski definition) is 7. The second-order valence-electron chi connectivity index (χ2n) is 11.0. The number of carboxylic acids is 1. The Morgan fingerprint density at radius 1 is 0.864 bits per heavy atom. The van der Waals surface area contributed by atoms with E-state index in [1.54, 1.807) is 38.4 Å². The van der Waals surface area contributed by atoms with Crippen molar-refractivity contribution in [3.8, 4) is 5.75 Å². The molecule has 0 aliphatic rings. The molecule has 2 aromatic carbocycles. The van der Waals surface area contributed by atoms with Gasteiger partial charge in [-0.3, -0.25) is 14.4 Å². The summed E-state index contributed by atoms with van der Waals surface area (Å²) in [6.07, 6.45) is 4.95. The van der Waals surface area contributed by atoms with Crippen molar-refractivity contribution in [2.45, 2.75) is 57.3 Å². The van der Waals surface area contributed by atoms with Gasteiger partial charge >= 0.3 is 5.97 Å². The highest BCUT2D eigenvalue weighted by Gasteiger charge is 2.32. The molecule has 3 amide bonds. The fourth-order valence-electron chi connectivity index (χ4n) is 4.85. The number of aromatic amines is 2. The molecule has 0 radical (unpaired) electrons. The molecule has 9 N–H and O–H groups in total. The maximum absolute atomic E-state index is 13.6. The van der Waals surface area contributed by atoms with E-state index in [-0.39, 0.29) is 30.9 Å². The van der Waals surface area contributed by atoms with Crippen LogP contribution in [0.2, 0.25) is 0 Å². The van der Waals surface area contributed by atoms with Crippen molar-refractivity contribution in [1.82, 2.24) is 30.9 Å². The van der Waals surface area contributed by atoms with Crippen LogP contribution in [0.15, 0.2) is 67.3 Å². The lowest BCUT2D eigenvalue weighted by molar-refractivity contribution is -0.142. The van der Waals surface area contributed by atoms with Gasteiger partial charge in [-0.25, -0.2) is 9.78 Å². The second-order valence-corrected chi connectivity index (χ2v) is 11.0. The Morgan fingerprint density at radius 3 is 2.23 bits per heavy atom. The molecule has 13 nitrogen and oxygen atoms in total. The number of benzene rings is 2. The van der Waals surface area contributed by atoms with Gasteiger partial charge in [0.15, 0.2) is 0 Å². The van der Waals surface area contributed by atoms with Crippen molar-refractivity contribution in [2.75, 3.05) is 0 Å². The molecule has 4 atom stereocenters. The summed E-state index contributed by atoms with van der Waals surface area (Å²) in [4.78, 5) is 62.2. The van der Waals surface area contributed by atoms with E-state index >= 15 is 0 Å². The van der Waals surface area contributed by atoms with Crippen LogP contribution >= 0.6 is 0 Å². The van der Waals surface area contributed by atoms with Crippen LogP contribution in [0.4, 0.5) is 0 Å². The molecule has 232 valence electrons. The predicted octanol–water partition coefficient (Wildman–Crippen LogP) is 1.15. The quantitative estimate of drug-likeness (QED) is 0.104. The minimum absolute atomic E-state index is 0.0280. The molecule has 0 spiro atoms. The number of carboxylic acid groups (broad SMARTS) is 1. The van der Waals surface area contributed by atoms with Gasteiger partial charge in [0.25, 0.3) is 0 Å². The number of amides is 3. The molecule has 2 aromatic heterocycles. The van der Waals surface area contributed by atoms with Crippen LogP contribution in [0, 0.1) is 5.92 Å². The monoisotopic (exact) mass is 603 g/mol. The lowest BCUT2D eigenvalue weighted by Crippen LogP contribution is -2.59. The molecule has 13 heteroatoms. The molecule has 44 heavy (non-hydrogen) atoms. The van der Waals surface area contributed by atoms with Crippen molar-refractivity contribution < 1.29 is 29.4 Å². The van der Waals surface area contributed by atoms with Crippen LogP contribution in [0.1, 0.15) is 30.7 Å². The Bertz CT molecular complexity index is 1580. The van der Waals surface area contributed by atoms with Gasteiger partial charge in [-0.1, -0.05) is 44.2 Å².